The molecule has 0 saturated heterocycles. The number of benzene rings is 1. The van der Waals surface area contributed by atoms with Crippen molar-refractivity contribution in [3.05, 3.63) is 29.8 Å². The highest BCUT2D eigenvalue weighted by Gasteiger charge is 2.33. The van der Waals surface area contributed by atoms with E-state index in [0.717, 1.165) is 0 Å². The predicted molar refractivity (Wildman–Crippen MR) is 79.4 cm³/mol. The van der Waals surface area contributed by atoms with Gasteiger partial charge in [-0.15, -0.1) is 0 Å². The summed E-state index contributed by atoms with van der Waals surface area (Å²) in [6.45, 7) is 6.44. The third kappa shape index (κ3) is 5.04. The molecule has 0 aliphatic carbocycles. The summed E-state index contributed by atoms with van der Waals surface area (Å²) >= 11 is 0. The van der Waals surface area contributed by atoms with Crippen LogP contribution in [0.15, 0.2) is 24.3 Å². The van der Waals surface area contributed by atoms with E-state index in [4.69, 9.17) is 9.47 Å². The Labute approximate surface area is 130 Å². The van der Waals surface area contributed by atoms with Gasteiger partial charge >= 0.3 is 11.9 Å². The number of carbonyl (C=O) groups excluding carboxylic acids is 2. The summed E-state index contributed by atoms with van der Waals surface area (Å²) in [6.07, 6.45) is 0. The van der Waals surface area contributed by atoms with E-state index in [-0.39, 0.29) is 6.61 Å². The highest BCUT2D eigenvalue weighted by molar-refractivity contribution is 5.80. The summed E-state index contributed by atoms with van der Waals surface area (Å²) in [5, 5.41) is 10.1. The Morgan fingerprint density at radius 3 is 2.09 bits per heavy atom. The van der Waals surface area contributed by atoms with Crippen LogP contribution in [0.25, 0.3) is 0 Å². The highest BCUT2D eigenvalue weighted by Crippen LogP contribution is 2.24. The van der Waals surface area contributed by atoms with Gasteiger partial charge < -0.3 is 19.3 Å². The van der Waals surface area contributed by atoms with Gasteiger partial charge in [0.2, 0.25) is 0 Å². The number of hydrogen-bond donors (Lipinski definition) is 1. The van der Waals surface area contributed by atoms with E-state index in [2.05, 4.69) is 4.74 Å². The molecular weight excluding hydrogens is 288 g/mol. The fourth-order valence-corrected chi connectivity index (χ4v) is 1.71. The van der Waals surface area contributed by atoms with Gasteiger partial charge in [-0.3, -0.25) is 0 Å². The molecule has 1 aromatic rings. The molecule has 0 bridgehead atoms. The standard InChI is InChI=1S/C16H22O6/c1-15(2,3)22-13(17)10-21-12-8-6-11(7-9-12)16(4,19)14(18)20-5/h6-9,19H,10H2,1-5H3. The molecule has 122 valence electrons. The molecule has 1 atom stereocenters. The second-order valence-electron chi connectivity index (χ2n) is 5.96. The summed E-state index contributed by atoms with van der Waals surface area (Å²) in [7, 11) is 1.20. The maximum absolute atomic E-state index is 11.5. The molecule has 1 aromatic carbocycles. The molecule has 22 heavy (non-hydrogen) atoms. The number of esters is 2. The molecule has 0 heterocycles. The molecule has 6 heteroatoms. The molecule has 0 aliphatic heterocycles. The van der Waals surface area contributed by atoms with Crippen LogP contribution in [0, 0.1) is 0 Å². The van der Waals surface area contributed by atoms with Gasteiger partial charge in [-0.1, -0.05) is 12.1 Å². The zero-order valence-corrected chi connectivity index (χ0v) is 13.5. The molecule has 0 aromatic heterocycles. The molecular formula is C16H22O6. The van der Waals surface area contributed by atoms with Gasteiger partial charge in [0.25, 0.3) is 0 Å². The number of ether oxygens (including phenoxy) is 3. The van der Waals surface area contributed by atoms with Crippen LogP contribution in [-0.4, -0.2) is 36.4 Å². The van der Waals surface area contributed by atoms with Crippen LogP contribution >= 0.6 is 0 Å². The Kier molecular flexibility index (Phi) is 5.54. The van der Waals surface area contributed by atoms with Crippen LogP contribution in [0.5, 0.6) is 5.75 Å². The van der Waals surface area contributed by atoms with Crippen LogP contribution in [-0.2, 0) is 24.7 Å². The first kappa shape index (κ1) is 18.0. The number of carbonyl (C=O) groups is 2. The van der Waals surface area contributed by atoms with Crippen molar-refractivity contribution < 1.29 is 28.9 Å². The van der Waals surface area contributed by atoms with Crippen molar-refractivity contribution in [1.29, 1.82) is 0 Å². The SMILES string of the molecule is COC(=O)C(C)(O)c1ccc(OCC(=O)OC(C)(C)C)cc1. The maximum atomic E-state index is 11.5. The third-order valence-corrected chi connectivity index (χ3v) is 2.78. The van der Waals surface area contributed by atoms with Crippen LogP contribution in [0.3, 0.4) is 0 Å². The minimum absolute atomic E-state index is 0.218. The van der Waals surface area contributed by atoms with Crippen LogP contribution in [0.4, 0.5) is 0 Å². The van der Waals surface area contributed by atoms with Crippen LogP contribution < -0.4 is 4.74 Å². The second kappa shape index (κ2) is 6.79. The lowest BCUT2D eigenvalue weighted by molar-refractivity contribution is -0.161. The average Bonchev–Trinajstić information content (AvgIpc) is 2.42. The van der Waals surface area contributed by atoms with Crippen molar-refractivity contribution in [2.24, 2.45) is 0 Å². The molecule has 0 spiro atoms. The second-order valence-corrected chi connectivity index (χ2v) is 5.96. The molecule has 0 saturated carbocycles. The van der Waals surface area contributed by atoms with Crippen molar-refractivity contribution in [3.8, 4) is 5.75 Å². The van der Waals surface area contributed by atoms with E-state index in [1.165, 1.54) is 26.2 Å². The first-order valence-corrected chi connectivity index (χ1v) is 6.82. The molecule has 0 fully saturated rings. The molecule has 0 amide bonds. The van der Waals surface area contributed by atoms with E-state index in [9.17, 15) is 14.7 Å². The van der Waals surface area contributed by atoms with E-state index < -0.39 is 23.1 Å². The Morgan fingerprint density at radius 2 is 1.64 bits per heavy atom. The monoisotopic (exact) mass is 310 g/mol. The highest BCUT2D eigenvalue weighted by atomic mass is 16.6. The average molecular weight is 310 g/mol. The van der Waals surface area contributed by atoms with Gasteiger partial charge in [0.1, 0.15) is 11.4 Å². The van der Waals surface area contributed by atoms with Crippen molar-refractivity contribution in [2.45, 2.75) is 38.9 Å². The Morgan fingerprint density at radius 1 is 1.09 bits per heavy atom. The van der Waals surface area contributed by atoms with Gasteiger partial charge in [0, 0.05) is 0 Å². The Bertz CT molecular complexity index is 525. The lowest BCUT2D eigenvalue weighted by atomic mass is 9.96. The largest absolute Gasteiger partial charge is 0.482 e. The summed E-state index contributed by atoms with van der Waals surface area (Å²) < 4.78 is 15.0. The third-order valence-electron chi connectivity index (χ3n) is 2.78. The summed E-state index contributed by atoms with van der Waals surface area (Å²) in [4.78, 5) is 23.0. The Balaban J connectivity index is 2.66. The van der Waals surface area contributed by atoms with Crippen LogP contribution in [0.2, 0.25) is 0 Å². The van der Waals surface area contributed by atoms with E-state index in [0.29, 0.717) is 11.3 Å². The summed E-state index contributed by atoms with van der Waals surface area (Å²) in [5.74, 6) is -0.802. The topological polar surface area (TPSA) is 82.1 Å². The molecule has 6 nitrogen and oxygen atoms in total. The van der Waals surface area contributed by atoms with Gasteiger partial charge in [0.15, 0.2) is 12.2 Å². The van der Waals surface area contributed by atoms with Crippen molar-refractivity contribution >= 4 is 11.9 Å². The van der Waals surface area contributed by atoms with E-state index >= 15 is 0 Å². The summed E-state index contributed by atoms with van der Waals surface area (Å²) in [5.41, 5.74) is -1.94. The van der Waals surface area contributed by atoms with Gasteiger partial charge in [0.05, 0.1) is 7.11 Å². The smallest absolute Gasteiger partial charge is 0.344 e. The van der Waals surface area contributed by atoms with Crippen molar-refractivity contribution in [2.75, 3.05) is 13.7 Å². The van der Waals surface area contributed by atoms with Gasteiger partial charge in [-0.2, -0.15) is 0 Å². The Hall–Kier alpha value is -2.08. The summed E-state index contributed by atoms with van der Waals surface area (Å²) in [6, 6.07) is 6.16. The zero-order chi connectivity index (χ0) is 17.0. The fraction of sp³-hybridized carbons (Fsp3) is 0.500. The van der Waals surface area contributed by atoms with Gasteiger partial charge in [-0.25, -0.2) is 9.59 Å². The zero-order valence-electron chi connectivity index (χ0n) is 13.5. The molecule has 0 aliphatic rings. The number of hydrogen-bond acceptors (Lipinski definition) is 6. The first-order chi connectivity index (χ1) is 10.1. The maximum Gasteiger partial charge on any atom is 0.344 e. The van der Waals surface area contributed by atoms with Crippen molar-refractivity contribution in [3.63, 3.8) is 0 Å². The first-order valence-electron chi connectivity index (χ1n) is 6.82. The van der Waals surface area contributed by atoms with E-state index in [1.807, 2.05) is 0 Å². The van der Waals surface area contributed by atoms with E-state index in [1.54, 1.807) is 32.9 Å². The molecule has 0 radical (unpaired) electrons. The molecule has 1 N–H and O–H groups in total. The lowest BCUT2D eigenvalue weighted by Crippen LogP contribution is -2.33. The van der Waals surface area contributed by atoms with Gasteiger partial charge in [-0.05, 0) is 45.4 Å². The molecule has 1 rings (SSSR count). The van der Waals surface area contributed by atoms with Crippen LogP contribution in [0.1, 0.15) is 33.3 Å². The normalized spacial score (nSPS) is 13.9. The predicted octanol–water partition coefficient (Wildman–Crippen LogP) is 1.79. The lowest BCUT2D eigenvalue weighted by Gasteiger charge is -2.21. The number of aliphatic hydroxyl groups is 1. The molecule has 1 unspecified atom stereocenters. The number of rotatable bonds is 5. The minimum atomic E-state index is -1.74. The minimum Gasteiger partial charge on any atom is -0.482 e. The quantitative estimate of drug-likeness (QED) is 0.835. The fourth-order valence-electron chi connectivity index (χ4n) is 1.71. The number of methoxy groups -OCH3 is 1. The van der Waals surface area contributed by atoms with Crippen molar-refractivity contribution in [1.82, 2.24) is 0 Å².